The zero-order valence-corrected chi connectivity index (χ0v) is 11.2. The number of aliphatic hydroxyl groups excluding tert-OH is 1. The van der Waals surface area contributed by atoms with Gasteiger partial charge in [-0.25, -0.2) is 0 Å². The Bertz CT molecular complexity index is 700. The number of nitrogens with zero attached hydrogens (tertiary/aromatic N) is 1. The van der Waals surface area contributed by atoms with Crippen molar-refractivity contribution in [2.24, 2.45) is 0 Å². The zero-order valence-electron chi connectivity index (χ0n) is 11.2. The second-order valence-corrected chi connectivity index (χ2v) is 4.80. The smallest absolute Gasteiger partial charge is 0.262 e. The predicted molar refractivity (Wildman–Crippen MR) is 79.2 cm³/mol. The number of para-hydroxylation sites is 4. The van der Waals surface area contributed by atoms with Gasteiger partial charge in [0, 0.05) is 6.54 Å². The van der Waals surface area contributed by atoms with E-state index in [0.717, 1.165) is 22.9 Å². The van der Waals surface area contributed by atoms with Crippen LogP contribution in [0.2, 0.25) is 0 Å². The third-order valence-electron chi connectivity index (χ3n) is 3.47. The average molecular weight is 282 g/mol. The molecule has 0 saturated carbocycles. The fraction of sp³-hybridized carbons (Fsp3) is 0.125. The number of rotatable bonds is 2. The summed E-state index contributed by atoms with van der Waals surface area (Å²) in [7, 11) is 0. The molecule has 5 nitrogen and oxygen atoms in total. The quantitative estimate of drug-likeness (QED) is 0.886. The van der Waals surface area contributed by atoms with Crippen LogP contribution in [0.1, 0.15) is 0 Å². The molecule has 0 fully saturated rings. The molecule has 2 aromatic rings. The van der Waals surface area contributed by atoms with Gasteiger partial charge < -0.3 is 24.8 Å². The third-order valence-corrected chi connectivity index (χ3v) is 3.47. The van der Waals surface area contributed by atoms with E-state index in [2.05, 4.69) is 5.32 Å². The number of nitrogens with one attached hydrogen (secondary N) is 1. The highest BCUT2D eigenvalue weighted by Crippen LogP contribution is 2.42. The number of ether oxygens (including phenoxy) is 2. The van der Waals surface area contributed by atoms with Gasteiger partial charge in [0.05, 0.1) is 18.0 Å². The van der Waals surface area contributed by atoms with Crippen LogP contribution in [0.3, 0.4) is 0 Å². The lowest BCUT2D eigenvalue weighted by molar-refractivity contribution is 0.296. The van der Waals surface area contributed by atoms with Crippen LogP contribution in [0.4, 0.5) is 11.4 Å². The number of hydrogen-bond donors (Lipinski definition) is 2. The SMILES string of the molecule is OCCN1/C(=C2/Nc3ccccc3O2)Oc2ccccc21. The van der Waals surface area contributed by atoms with Gasteiger partial charge in [-0.05, 0) is 24.3 Å². The Kier molecular flexibility index (Phi) is 2.72. The van der Waals surface area contributed by atoms with Crippen LogP contribution in [0.5, 0.6) is 11.5 Å². The van der Waals surface area contributed by atoms with Gasteiger partial charge in [0.2, 0.25) is 0 Å². The number of anilines is 2. The van der Waals surface area contributed by atoms with Crippen molar-refractivity contribution in [3.05, 3.63) is 60.3 Å². The van der Waals surface area contributed by atoms with Gasteiger partial charge in [-0.15, -0.1) is 0 Å². The maximum absolute atomic E-state index is 9.31. The zero-order chi connectivity index (χ0) is 14.2. The third kappa shape index (κ3) is 1.90. The van der Waals surface area contributed by atoms with Crippen LogP contribution in [-0.4, -0.2) is 18.3 Å². The second-order valence-electron chi connectivity index (χ2n) is 4.80. The first kappa shape index (κ1) is 12.1. The first-order valence-electron chi connectivity index (χ1n) is 6.80. The molecule has 106 valence electrons. The molecule has 0 spiro atoms. The van der Waals surface area contributed by atoms with Crippen LogP contribution < -0.4 is 19.7 Å². The van der Waals surface area contributed by atoms with Crippen molar-refractivity contribution in [3.8, 4) is 11.5 Å². The molecule has 0 aromatic heterocycles. The summed E-state index contributed by atoms with van der Waals surface area (Å²) in [4.78, 5) is 1.91. The number of fused-ring (bicyclic) bond motifs is 2. The molecule has 5 heteroatoms. The number of aliphatic hydroxyl groups is 1. The lowest BCUT2D eigenvalue weighted by Gasteiger charge is -2.17. The van der Waals surface area contributed by atoms with Crippen LogP contribution in [0, 0.1) is 0 Å². The normalized spacial score (nSPS) is 18.6. The number of benzene rings is 2. The standard InChI is InChI=1S/C16H14N2O3/c19-10-9-18-12-6-2-4-8-14(12)21-16(18)15-17-11-5-1-3-7-13(11)20-15/h1-8,17,19H,9-10H2/b16-15+. The molecule has 0 aliphatic carbocycles. The molecule has 2 aliphatic heterocycles. The van der Waals surface area contributed by atoms with E-state index in [0.29, 0.717) is 18.3 Å². The van der Waals surface area contributed by atoms with E-state index in [4.69, 9.17) is 9.47 Å². The van der Waals surface area contributed by atoms with E-state index in [-0.39, 0.29) is 6.61 Å². The molecule has 2 heterocycles. The maximum Gasteiger partial charge on any atom is 0.262 e. The van der Waals surface area contributed by atoms with Gasteiger partial charge in [0.25, 0.3) is 11.8 Å². The van der Waals surface area contributed by atoms with Gasteiger partial charge in [-0.1, -0.05) is 24.3 Å². The summed E-state index contributed by atoms with van der Waals surface area (Å²) in [5.74, 6) is 2.64. The van der Waals surface area contributed by atoms with E-state index in [9.17, 15) is 5.11 Å². The molecule has 0 unspecified atom stereocenters. The maximum atomic E-state index is 9.31. The first-order valence-corrected chi connectivity index (χ1v) is 6.80. The Morgan fingerprint density at radius 2 is 1.71 bits per heavy atom. The second kappa shape index (κ2) is 4.71. The molecular formula is C16H14N2O3. The van der Waals surface area contributed by atoms with Gasteiger partial charge in [-0.3, -0.25) is 0 Å². The molecule has 0 saturated heterocycles. The highest BCUT2D eigenvalue weighted by molar-refractivity contribution is 5.70. The summed E-state index contributed by atoms with van der Waals surface area (Å²) >= 11 is 0. The van der Waals surface area contributed by atoms with E-state index in [1.54, 1.807) is 0 Å². The van der Waals surface area contributed by atoms with E-state index in [1.165, 1.54) is 0 Å². The largest absolute Gasteiger partial charge is 0.434 e. The summed E-state index contributed by atoms with van der Waals surface area (Å²) < 4.78 is 11.7. The molecule has 4 rings (SSSR count). The summed E-state index contributed by atoms with van der Waals surface area (Å²) in [6.45, 7) is 0.471. The first-order chi connectivity index (χ1) is 10.4. The highest BCUT2D eigenvalue weighted by atomic mass is 16.5. The minimum atomic E-state index is 0.0292. The Hall–Kier alpha value is -2.66. The molecule has 2 aliphatic rings. The summed E-state index contributed by atoms with van der Waals surface area (Å²) in [5.41, 5.74) is 1.83. The lowest BCUT2D eigenvalue weighted by atomic mass is 10.3. The van der Waals surface area contributed by atoms with Crippen LogP contribution in [0.25, 0.3) is 0 Å². The fourth-order valence-corrected chi connectivity index (χ4v) is 2.54. The lowest BCUT2D eigenvalue weighted by Crippen LogP contribution is -2.27. The van der Waals surface area contributed by atoms with Crippen molar-refractivity contribution < 1.29 is 14.6 Å². The van der Waals surface area contributed by atoms with Gasteiger partial charge >= 0.3 is 0 Å². The van der Waals surface area contributed by atoms with Crippen molar-refractivity contribution in [2.45, 2.75) is 0 Å². The van der Waals surface area contributed by atoms with Crippen LogP contribution in [0.15, 0.2) is 60.3 Å². The molecule has 2 N–H and O–H groups in total. The predicted octanol–water partition coefficient (Wildman–Crippen LogP) is 2.51. The fourth-order valence-electron chi connectivity index (χ4n) is 2.54. The Labute approximate surface area is 122 Å². The van der Waals surface area contributed by atoms with Gasteiger partial charge in [0.15, 0.2) is 11.5 Å². The summed E-state index contributed by atoms with van der Waals surface area (Å²) in [6.07, 6.45) is 0. The van der Waals surface area contributed by atoms with Crippen molar-refractivity contribution in [1.82, 2.24) is 0 Å². The Morgan fingerprint density at radius 1 is 0.952 bits per heavy atom. The molecule has 0 radical (unpaired) electrons. The Balaban J connectivity index is 1.75. The molecule has 2 aromatic carbocycles. The van der Waals surface area contributed by atoms with Gasteiger partial charge in [-0.2, -0.15) is 0 Å². The van der Waals surface area contributed by atoms with Crippen molar-refractivity contribution in [3.63, 3.8) is 0 Å². The minimum absolute atomic E-state index is 0.0292. The average Bonchev–Trinajstić information content (AvgIpc) is 3.09. The van der Waals surface area contributed by atoms with Gasteiger partial charge in [0.1, 0.15) is 0 Å². The molecule has 0 amide bonds. The van der Waals surface area contributed by atoms with Crippen molar-refractivity contribution >= 4 is 11.4 Å². The topological polar surface area (TPSA) is 54.0 Å². The molecule has 21 heavy (non-hydrogen) atoms. The van der Waals surface area contributed by atoms with E-state index in [1.807, 2.05) is 53.4 Å². The van der Waals surface area contributed by atoms with Crippen molar-refractivity contribution in [2.75, 3.05) is 23.4 Å². The molecule has 0 atom stereocenters. The van der Waals surface area contributed by atoms with Crippen LogP contribution >= 0.6 is 0 Å². The summed E-state index contributed by atoms with van der Waals surface area (Å²) in [6, 6.07) is 15.4. The summed E-state index contributed by atoms with van der Waals surface area (Å²) in [5, 5.41) is 12.5. The number of hydrogen-bond acceptors (Lipinski definition) is 5. The Morgan fingerprint density at radius 3 is 2.52 bits per heavy atom. The number of β-amino-alcohol motifs (C(OH)–C–C–N with tert-alkyl or cyclic N) is 1. The molecular weight excluding hydrogens is 268 g/mol. The molecule has 0 bridgehead atoms. The van der Waals surface area contributed by atoms with E-state index < -0.39 is 0 Å². The monoisotopic (exact) mass is 282 g/mol. The highest BCUT2D eigenvalue weighted by Gasteiger charge is 2.32. The minimum Gasteiger partial charge on any atom is -0.434 e. The van der Waals surface area contributed by atoms with Crippen molar-refractivity contribution in [1.29, 1.82) is 0 Å². The van der Waals surface area contributed by atoms with E-state index >= 15 is 0 Å². The van der Waals surface area contributed by atoms with Crippen LogP contribution in [-0.2, 0) is 0 Å².